The highest BCUT2D eigenvalue weighted by atomic mass is 35.5. The lowest BCUT2D eigenvalue weighted by Gasteiger charge is -2.00. The van der Waals surface area contributed by atoms with Gasteiger partial charge in [-0.2, -0.15) is 0 Å². The molecule has 1 heterocycles. The lowest BCUT2D eigenvalue weighted by Crippen LogP contribution is -2.17. The van der Waals surface area contributed by atoms with Gasteiger partial charge in [-0.15, -0.1) is 11.8 Å². The number of nitrogens with one attached hydrogen (secondary N) is 1. The Kier molecular flexibility index (Phi) is 6.33. The Morgan fingerprint density at radius 2 is 1.89 bits per heavy atom. The summed E-state index contributed by atoms with van der Waals surface area (Å²) in [6, 6.07) is 13.4. The van der Waals surface area contributed by atoms with Crippen molar-refractivity contribution < 1.29 is 4.92 Å². The highest BCUT2D eigenvalue weighted by molar-refractivity contribution is 7.99. The summed E-state index contributed by atoms with van der Waals surface area (Å²) in [7, 11) is 0. The third-order valence-corrected chi connectivity index (χ3v) is 5.20. The average molecular weight is 417 g/mol. The zero-order valence-electron chi connectivity index (χ0n) is 15.0. The van der Waals surface area contributed by atoms with Crippen LogP contribution in [0.2, 0.25) is 5.02 Å². The predicted octanol–water partition coefficient (Wildman–Crippen LogP) is 4.25. The molecule has 0 aliphatic heterocycles. The van der Waals surface area contributed by atoms with Crippen molar-refractivity contribution >= 4 is 35.3 Å². The van der Waals surface area contributed by atoms with Crippen LogP contribution in [0.3, 0.4) is 0 Å². The second kappa shape index (κ2) is 8.90. The standard InChI is InChI=1S/C19H17ClN4O3S/c1-13-18(12-21-10-11-28-17-8-2-14(20)3-9-17)19(25)23(22-13)15-4-6-16(7-5-15)24(26)27/h2-9,12,22H,10-11H2,1H3. The number of non-ortho nitro benzene ring substituents is 1. The van der Waals surface area contributed by atoms with E-state index < -0.39 is 4.92 Å². The number of aromatic amines is 1. The number of H-pyrrole nitrogens is 1. The minimum absolute atomic E-state index is 0.0277. The second-order valence-electron chi connectivity index (χ2n) is 5.90. The van der Waals surface area contributed by atoms with Gasteiger partial charge in [-0.25, -0.2) is 4.68 Å². The molecule has 1 aromatic heterocycles. The van der Waals surface area contributed by atoms with Crippen molar-refractivity contribution in [1.82, 2.24) is 9.78 Å². The van der Waals surface area contributed by atoms with Crippen LogP contribution >= 0.6 is 23.4 Å². The number of hydrogen-bond donors (Lipinski definition) is 1. The van der Waals surface area contributed by atoms with Crippen LogP contribution in [0.1, 0.15) is 11.3 Å². The summed E-state index contributed by atoms with van der Waals surface area (Å²) in [5, 5.41) is 14.4. The lowest BCUT2D eigenvalue weighted by molar-refractivity contribution is -0.384. The van der Waals surface area contributed by atoms with Crippen LogP contribution < -0.4 is 5.56 Å². The fourth-order valence-corrected chi connectivity index (χ4v) is 3.41. The fraction of sp³-hybridized carbons (Fsp3) is 0.158. The van der Waals surface area contributed by atoms with Gasteiger partial charge in [-0.3, -0.25) is 25.0 Å². The molecule has 0 amide bonds. The molecule has 3 rings (SSSR count). The molecule has 0 spiro atoms. The molecule has 0 atom stereocenters. The first-order valence-electron chi connectivity index (χ1n) is 8.40. The number of aliphatic imine (C=N–C) groups is 1. The van der Waals surface area contributed by atoms with Crippen molar-refractivity contribution in [3.63, 3.8) is 0 Å². The van der Waals surface area contributed by atoms with Crippen LogP contribution in [0, 0.1) is 17.0 Å². The smallest absolute Gasteiger partial charge is 0.280 e. The Morgan fingerprint density at radius 3 is 2.54 bits per heavy atom. The Hall–Kier alpha value is -2.84. The maximum absolute atomic E-state index is 12.6. The molecule has 0 aliphatic carbocycles. The molecule has 3 aromatic rings. The molecular weight excluding hydrogens is 400 g/mol. The van der Waals surface area contributed by atoms with E-state index >= 15 is 0 Å². The van der Waals surface area contributed by atoms with E-state index in [2.05, 4.69) is 10.1 Å². The molecule has 0 bridgehead atoms. The van der Waals surface area contributed by atoms with Gasteiger partial charge >= 0.3 is 0 Å². The van der Waals surface area contributed by atoms with E-state index in [0.29, 0.717) is 28.5 Å². The van der Waals surface area contributed by atoms with Gasteiger partial charge in [-0.05, 0) is 43.3 Å². The Balaban J connectivity index is 1.66. The van der Waals surface area contributed by atoms with Gasteiger partial charge in [0.25, 0.3) is 11.2 Å². The summed E-state index contributed by atoms with van der Waals surface area (Å²) in [6.07, 6.45) is 1.57. The highest BCUT2D eigenvalue weighted by Gasteiger charge is 2.12. The molecule has 0 radical (unpaired) electrons. The van der Waals surface area contributed by atoms with Crippen LogP contribution in [0.25, 0.3) is 5.69 Å². The van der Waals surface area contributed by atoms with Crippen LogP contribution in [0.15, 0.2) is 63.2 Å². The number of nitro groups is 1. The van der Waals surface area contributed by atoms with Crippen molar-refractivity contribution in [2.24, 2.45) is 4.99 Å². The quantitative estimate of drug-likeness (QED) is 0.205. The number of nitro benzene ring substituents is 1. The average Bonchev–Trinajstić information content (AvgIpc) is 2.97. The second-order valence-corrected chi connectivity index (χ2v) is 7.51. The fourth-order valence-electron chi connectivity index (χ4n) is 2.52. The Bertz CT molecular complexity index is 1060. The lowest BCUT2D eigenvalue weighted by atomic mass is 10.2. The normalized spacial score (nSPS) is 11.2. The summed E-state index contributed by atoms with van der Waals surface area (Å²) in [4.78, 5) is 28.3. The maximum atomic E-state index is 12.6. The molecule has 0 saturated heterocycles. The van der Waals surface area contributed by atoms with E-state index in [1.54, 1.807) is 24.9 Å². The summed E-state index contributed by atoms with van der Waals surface area (Å²) in [6.45, 7) is 2.35. The van der Waals surface area contributed by atoms with E-state index in [1.165, 1.54) is 28.9 Å². The first-order chi connectivity index (χ1) is 13.5. The largest absolute Gasteiger partial charge is 0.295 e. The molecule has 0 fully saturated rings. The van der Waals surface area contributed by atoms with E-state index in [4.69, 9.17) is 11.6 Å². The molecule has 9 heteroatoms. The number of nitrogens with zero attached hydrogens (tertiary/aromatic N) is 3. The predicted molar refractivity (Wildman–Crippen MR) is 112 cm³/mol. The molecule has 0 unspecified atom stereocenters. The van der Waals surface area contributed by atoms with Crippen molar-refractivity contribution in [2.75, 3.05) is 12.3 Å². The topological polar surface area (TPSA) is 93.3 Å². The third-order valence-electron chi connectivity index (χ3n) is 3.96. The van der Waals surface area contributed by atoms with Gasteiger partial charge in [0.15, 0.2) is 0 Å². The number of aromatic nitrogens is 2. The summed E-state index contributed by atoms with van der Waals surface area (Å²) < 4.78 is 1.35. The summed E-state index contributed by atoms with van der Waals surface area (Å²) >= 11 is 7.52. The molecule has 144 valence electrons. The van der Waals surface area contributed by atoms with Crippen LogP contribution in [0.4, 0.5) is 5.69 Å². The summed E-state index contributed by atoms with van der Waals surface area (Å²) in [5.41, 5.74) is 1.39. The van der Waals surface area contributed by atoms with Crippen LogP contribution in [0.5, 0.6) is 0 Å². The van der Waals surface area contributed by atoms with E-state index in [0.717, 1.165) is 10.6 Å². The van der Waals surface area contributed by atoms with Gasteiger partial charge in [0.2, 0.25) is 0 Å². The van der Waals surface area contributed by atoms with E-state index in [-0.39, 0.29) is 11.2 Å². The highest BCUT2D eigenvalue weighted by Crippen LogP contribution is 2.20. The van der Waals surface area contributed by atoms with Gasteiger partial charge < -0.3 is 0 Å². The Labute approximate surface area is 170 Å². The van der Waals surface area contributed by atoms with Crippen molar-refractivity contribution in [3.8, 4) is 5.69 Å². The number of thioether (sulfide) groups is 1. The number of halogens is 1. The zero-order chi connectivity index (χ0) is 20.1. The summed E-state index contributed by atoms with van der Waals surface area (Å²) in [5.74, 6) is 0.776. The molecule has 0 aliphatic rings. The van der Waals surface area contributed by atoms with E-state index in [9.17, 15) is 14.9 Å². The van der Waals surface area contributed by atoms with Gasteiger partial charge in [-0.1, -0.05) is 11.6 Å². The minimum atomic E-state index is -0.480. The van der Waals surface area contributed by atoms with Gasteiger partial charge in [0.1, 0.15) is 0 Å². The SMILES string of the molecule is Cc1[nH]n(-c2ccc([N+](=O)[O-])cc2)c(=O)c1C=NCCSc1ccc(Cl)cc1. The molecular formula is C19H17ClN4O3S. The van der Waals surface area contributed by atoms with Gasteiger partial charge in [0, 0.05) is 46.3 Å². The van der Waals surface area contributed by atoms with Crippen molar-refractivity contribution in [3.05, 3.63) is 85.3 Å². The molecule has 2 aromatic carbocycles. The van der Waals surface area contributed by atoms with E-state index in [1.807, 2.05) is 24.3 Å². The zero-order valence-corrected chi connectivity index (χ0v) is 16.5. The van der Waals surface area contributed by atoms with Crippen molar-refractivity contribution in [1.29, 1.82) is 0 Å². The van der Waals surface area contributed by atoms with Crippen LogP contribution in [-0.2, 0) is 0 Å². The Morgan fingerprint density at radius 1 is 1.21 bits per heavy atom. The van der Waals surface area contributed by atoms with Gasteiger partial charge in [0.05, 0.1) is 16.2 Å². The molecule has 0 saturated carbocycles. The first-order valence-corrected chi connectivity index (χ1v) is 9.76. The number of aryl methyl sites for hydroxylation is 1. The number of rotatable bonds is 7. The molecule has 28 heavy (non-hydrogen) atoms. The maximum Gasteiger partial charge on any atom is 0.280 e. The number of hydrogen-bond acceptors (Lipinski definition) is 5. The third kappa shape index (κ3) is 4.71. The molecule has 7 nitrogen and oxygen atoms in total. The van der Waals surface area contributed by atoms with Crippen molar-refractivity contribution in [2.45, 2.75) is 11.8 Å². The van der Waals surface area contributed by atoms with Crippen LogP contribution in [-0.4, -0.2) is 33.2 Å². The molecule has 1 N–H and O–H groups in total. The minimum Gasteiger partial charge on any atom is -0.295 e. The number of benzene rings is 2. The first kappa shape index (κ1) is 19.9. The monoisotopic (exact) mass is 416 g/mol.